The van der Waals surface area contributed by atoms with Gasteiger partial charge in [-0.3, -0.25) is 4.79 Å². The average Bonchev–Trinajstić information content (AvgIpc) is 2.35. The molecule has 1 aromatic rings. The molecule has 1 amide bonds. The largest absolute Gasteiger partial charge is 0.418 e. The van der Waals surface area contributed by atoms with Crippen molar-refractivity contribution >= 4 is 23.4 Å². The summed E-state index contributed by atoms with van der Waals surface area (Å²) in [6.45, 7) is 3.79. The molecule has 0 aliphatic heterocycles. The van der Waals surface area contributed by atoms with Crippen molar-refractivity contribution in [2.24, 2.45) is 0 Å². The van der Waals surface area contributed by atoms with Gasteiger partial charge < -0.3 is 11.1 Å². The number of nitrogen functional groups attached to an aromatic ring is 1. The predicted octanol–water partition coefficient (Wildman–Crippen LogP) is 3.16. The first kappa shape index (κ1) is 16.7. The number of thioether (sulfide) groups is 1. The highest BCUT2D eigenvalue weighted by Crippen LogP contribution is 2.34. The van der Waals surface area contributed by atoms with Crippen molar-refractivity contribution in [1.82, 2.24) is 5.32 Å². The Kier molecular flexibility index (Phi) is 5.74. The van der Waals surface area contributed by atoms with Crippen LogP contribution >= 0.6 is 11.8 Å². The zero-order valence-corrected chi connectivity index (χ0v) is 12.1. The van der Waals surface area contributed by atoms with Crippen LogP contribution in [0.2, 0.25) is 0 Å². The van der Waals surface area contributed by atoms with Gasteiger partial charge in [0.2, 0.25) is 0 Å². The van der Waals surface area contributed by atoms with E-state index in [9.17, 15) is 18.0 Å². The number of halogens is 3. The smallest absolute Gasteiger partial charge is 0.398 e. The van der Waals surface area contributed by atoms with Gasteiger partial charge in [-0.05, 0) is 24.8 Å². The molecular weight excluding hydrogens is 289 g/mol. The zero-order chi connectivity index (χ0) is 15.3. The molecule has 0 bridgehead atoms. The van der Waals surface area contributed by atoms with E-state index >= 15 is 0 Å². The van der Waals surface area contributed by atoms with Crippen LogP contribution in [0.4, 0.5) is 18.9 Å². The number of nitrogens with one attached hydrogen (secondary N) is 1. The highest BCUT2D eigenvalue weighted by molar-refractivity contribution is 7.99. The van der Waals surface area contributed by atoms with Crippen molar-refractivity contribution in [2.45, 2.75) is 26.1 Å². The number of rotatable bonds is 5. The molecule has 1 unspecified atom stereocenters. The maximum Gasteiger partial charge on any atom is 0.418 e. The number of hydrogen-bond donors (Lipinski definition) is 2. The summed E-state index contributed by atoms with van der Waals surface area (Å²) in [6.07, 6.45) is -4.57. The second-order valence-electron chi connectivity index (χ2n) is 4.30. The van der Waals surface area contributed by atoms with Crippen LogP contribution in [0.25, 0.3) is 0 Å². The molecule has 0 heterocycles. The maximum absolute atomic E-state index is 12.7. The Labute approximate surface area is 120 Å². The standard InChI is InChI=1S/C13H17F3N2OS/c1-3-20-7-8(2)18-12(19)9-5-4-6-10(11(9)17)13(14,15)16/h4-6,8H,3,7,17H2,1-2H3,(H,18,19). The second kappa shape index (κ2) is 6.88. The van der Waals surface area contributed by atoms with Crippen LogP contribution in [0.3, 0.4) is 0 Å². The zero-order valence-electron chi connectivity index (χ0n) is 11.3. The van der Waals surface area contributed by atoms with Crippen LogP contribution in [-0.4, -0.2) is 23.5 Å². The highest BCUT2D eigenvalue weighted by atomic mass is 32.2. The Hall–Kier alpha value is -1.37. The van der Waals surface area contributed by atoms with Gasteiger partial charge in [0, 0.05) is 11.8 Å². The third kappa shape index (κ3) is 4.33. The van der Waals surface area contributed by atoms with E-state index in [2.05, 4.69) is 5.32 Å². The maximum atomic E-state index is 12.7. The molecule has 0 spiro atoms. The van der Waals surface area contributed by atoms with Crippen LogP contribution in [-0.2, 0) is 6.18 Å². The molecule has 1 atom stereocenters. The van der Waals surface area contributed by atoms with Crippen molar-refractivity contribution in [1.29, 1.82) is 0 Å². The molecule has 0 radical (unpaired) electrons. The first-order chi connectivity index (χ1) is 9.27. The van der Waals surface area contributed by atoms with Crippen molar-refractivity contribution in [3.8, 4) is 0 Å². The fourth-order valence-electron chi connectivity index (χ4n) is 1.65. The van der Waals surface area contributed by atoms with Crippen molar-refractivity contribution in [2.75, 3.05) is 17.2 Å². The molecule has 0 aliphatic rings. The molecule has 0 aliphatic carbocycles. The van der Waals surface area contributed by atoms with Gasteiger partial charge in [0.05, 0.1) is 16.8 Å². The number of amides is 1. The Morgan fingerprint density at radius 3 is 2.65 bits per heavy atom. The summed E-state index contributed by atoms with van der Waals surface area (Å²) in [6, 6.07) is 3.20. The number of para-hydroxylation sites is 1. The Morgan fingerprint density at radius 1 is 1.45 bits per heavy atom. The Bertz CT molecular complexity index is 477. The van der Waals surface area contributed by atoms with Crippen LogP contribution in [0.5, 0.6) is 0 Å². The monoisotopic (exact) mass is 306 g/mol. The lowest BCUT2D eigenvalue weighted by molar-refractivity contribution is -0.136. The van der Waals surface area contributed by atoms with Crippen LogP contribution < -0.4 is 11.1 Å². The number of hydrogen-bond acceptors (Lipinski definition) is 3. The quantitative estimate of drug-likeness (QED) is 0.822. The lowest BCUT2D eigenvalue weighted by Gasteiger charge is -2.16. The van der Waals surface area contributed by atoms with Crippen molar-refractivity contribution in [3.63, 3.8) is 0 Å². The number of anilines is 1. The van der Waals surface area contributed by atoms with Gasteiger partial charge in [-0.25, -0.2) is 0 Å². The Morgan fingerprint density at radius 2 is 2.10 bits per heavy atom. The molecule has 112 valence electrons. The number of benzene rings is 1. The van der Waals surface area contributed by atoms with E-state index in [0.29, 0.717) is 5.75 Å². The van der Waals surface area contributed by atoms with Crippen molar-refractivity contribution < 1.29 is 18.0 Å². The fourth-order valence-corrected chi connectivity index (χ4v) is 2.32. The lowest BCUT2D eigenvalue weighted by atomic mass is 10.1. The van der Waals surface area contributed by atoms with Gasteiger partial charge in [0.1, 0.15) is 0 Å². The minimum atomic E-state index is -4.57. The molecule has 7 heteroatoms. The molecule has 20 heavy (non-hydrogen) atoms. The van der Waals surface area contributed by atoms with Crippen molar-refractivity contribution in [3.05, 3.63) is 29.3 Å². The molecule has 0 aromatic heterocycles. The summed E-state index contributed by atoms with van der Waals surface area (Å²) in [5, 5.41) is 2.64. The van der Waals surface area contributed by atoms with Crippen LogP contribution in [0.1, 0.15) is 29.8 Å². The molecule has 1 aromatic carbocycles. The minimum Gasteiger partial charge on any atom is -0.398 e. The first-order valence-corrected chi connectivity index (χ1v) is 7.27. The summed E-state index contributed by atoms with van der Waals surface area (Å²) in [4.78, 5) is 12.0. The van der Waals surface area contributed by atoms with Gasteiger partial charge in [-0.15, -0.1) is 0 Å². The van der Waals surface area contributed by atoms with Gasteiger partial charge in [-0.2, -0.15) is 24.9 Å². The highest BCUT2D eigenvalue weighted by Gasteiger charge is 2.34. The van der Waals surface area contributed by atoms with Gasteiger partial charge in [0.25, 0.3) is 5.91 Å². The third-order valence-corrected chi connectivity index (χ3v) is 3.75. The summed E-state index contributed by atoms with van der Waals surface area (Å²) >= 11 is 1.64. The summed E-state index contributed by atoms with van der Waals surface area (Å²) in [5.74, 6) is 1.02. The van der Waals surface area contributed by atoms with Crippen LogP contribution in [0, 0.1) is 0 Å². The number of carbonyl (C=O) groups is 1. The third-order valence-electron chi connectivity index (χ3n) is 2.61. The van der Waals surface area contributed by atoms with E-state index in [0.717, 1.165) is 11.8 Å². The van der Waals surface area contributed by atoms with E-state index in [4.69, 9.17) is 5.73 Å². The molecule has 0 saturated carbocycles. The number of nitrogens with two attached hydrogens (primary N) is 1. The van der Waals surface area contributed by atoms with Gasteiger partial charge in [-0.1, -0.05) is 13.0 Å². The molecule has 0 fully saturated rings. The normalized spacial score (nSPS) is 13.1. The molecule has 0 saturated heterocycles. The summed E-state index contributed by atoms with van der Waals surface area (Å²) in [7, 11) is 0. The van der Waals surface area contributed by atoms with E-state index in [1.54, 1.807) is 18.7 Å². The van der Waals surface area contributed by atoms with E-state index in [-0.39, 0.29) is 11.6 Å². The summed E-state index contributed by atoms with van der Waals surface area (Å²) < 4.78 is 38.1. The number of alkyl halides is 3. The van der Waals surface area contributed by atoms with E-state index < -0.39 is 23.3 Å². The fraction of sp³-hybridized carbons (Fsp3) is 0.462. The van der Waals surface area contributed by atoms with Crippen LogP contribution in [0.15, 0.2) is 18.2 Å². The lowest BCUT2D eigenvalue weighted by Crippen LogP contribution is -2.35. The topological polar surface area (TPSA) is 55.1 Å². The first-order valence-electron chi connectivity index (χ1n) is 6.11. The minimum absolute atomic E-state index is 0.138. The summed E-state index contributed by atoms with van der Waals surface area (Å²) in [5.41, 5.74) is 3.80. The second-order valence-corrected chi connectivity index (χ2v) is 5.62. The molecule has 1 rings (SSSR count). The number of carbonyl (C=O) groups excluding carboxylic acids is 1. The van der Waals surface area contributed by atoms with Gasteiger partial charge in [0.15, 0.2) is 0 Å². The van der Waals surface area contributed by atoms with E-state index in [1.165, 1.54) is 12.1 Å². The average molecular weight is 306 g/mol. The van der Waals surface area contributed by atoms with E-state index in [1.807, 2.05) is 6.92 Å². The molecule has 3 nitrogen and oxygen atoms in total. The Balaban J connectivity index is 2.89. The predicted molar refractivity (Wildman–Crippen MR) is 75.8 cm³/mol. The molecule has 3 N–H and O–H groups in total. The molecular formula is C13H17F3N2OS. The van der Waals surface area contributed by atoms with Gasteiger partial charge >= 0.3 is 6.18 Å². The SMILES string of the molecule is CCSCC(C)NC(=O)c1cccc(C(F)(F)F)c1N.